The third-order valence-corrected chi connectivity index (χ3v) is 2.98. The molecule has 0 spiro atoms. The van der Waals surface area contributed by atoms with Gasteiger partial charge in [-0.05, 0) is 40.1 Å². The summed E-state index contributed by atoms with van der Waals surface area (Å²) in [5.41, 5.74) is 3.47. The van der Waals surface area contributed by atoms with E-state index in [0.29, 0.717) is 0 Å². The van der Waals surface area contributed by atoms with Crippen molar-refractivity contribution in [2.75, 3.05) is 0 Å². The number of fused-ring (bicyclic) bond motifs is 1. The second kappa shape index (κ2) is 2.96. The van der Waals surface area contributed by atoms with E-state index in [1.807, 2.05) is 12.4 Å². The summed E-state index contributed by atoms with van der Waals surface area (Å²) in [5.74, 6) is 0. The lowest BCUT2D eigenvalue weighted by Crippen LogP contribution is -1.79. The van der Waals surface area contributed by atoms with Crippen molar-refractivity contribution >= 4 is 22.4 Å². The van der Waals surface area contributed by atoms with E-state index in [9.17, 15) is 0 Å². The molecular weight excluding hydrogens is 192 g/mol. The predicted molar refractivity (Wildman–Crippen MR) is 59.4 cm³/mol. The molecule has 1 N–H and O–H groups in total. The minimum Gasteiger partial charge on any atom is -0.346 e. The van der Waals surface area contributed by atoms with Gasteiger partial charge in [-0.1, -0.05) is 0 Å². The molecule has 14 heavy (non-hydrogen) atoms. The molecule has 3 aromatic rings. The lowest BCUT2D eigenvalue weighted by atomic mass is 10.1. The van der Waals surface area contributed by atoms with Gasteiger partial charge in [0.25, 0.3) is 0 Å². The van der Waals surface area contributed by atoms with Crippen molar-refractivity contribution in [3.05, 3.63) is 41.4 Å². The number of hydrogen-bond acceptors (Lipinski definition) is 2. The smallest absolute Gasteiger partial charge is 0.137 e. The molecule has 68 valence electrons. The molecule has 2 nitrogen and oxygen atoms in total. The minimum atomic E-state index is 0.953. The lowest BCUT2D eigenvalue weighted by molar-refractivity contribution is 1.33. The molecule has 0 aliphatic carbocycles. The fourth-order valence-corrected chi connectivity index (χ4v) is 2.29. The van der Waals surface area contributed by atoms with Gasteiger partial charge in [-0.25, -0.2) is 4.98 Å². The second-order valence-electron chi connectivity index (χ2n) is 3.11. The van der Waals surface area contributed by atoms with Crippen LogP contribution >= 0.6 is 11.3 Å². The first-order chi connectivity index (χ1) is 6.95. The SMILES string of the molecule is c1cc(-c2ccsc2)c2cc[nH]c2n1. The standard InChI is InChI=1S/C11H8N2S/c1-4-12-11-10(2-5-13-11)9(1)8-3-6-14-7-8/h1-7H,(H,12,13). The Bertz CT molecular complexity index is 551. The zero-order valence-corrected chi connectivity index (χ0v) is 8.21. The number of H-pyrrole nitrogens is 1. The maximum Gasteiger partial charge on any atom is 0.137 e. The molecule has 0 aliphatic heterocycles. The number of rotatable bonds is 1. The van der Waals surface area contributed by atoms with E-state index in [4.69, 9.17) is 0 Å². The number of aromatic amines is 1. The Hall–Kier alpha value is -1.61. The van der Waals surface area contributed by atoms with Crippen LogP contribution < -0.4 is 0 Å². The van der Waals surface area contributed by atoms with E-state index < -0.39 is 0 Å². The molecular formula is C11H8N2S. The summed E-state index contributed by atoms with van der Waals surface area (Å²) < 4.78 is 0. The first kappa shape index (κ1) is 7.76. The third-order valence-electron chi connectivity index (χ3n) is 2.29. The quantitative estimate of drug-likeness (QED) is 0.641. The zero-order chi connectivity index (χ0) is 9.38. The van der Waals surface area contributed by atoms with Crippen LogP contribution in [-0.4, -0.2) is 9.97 Å². The number of nitrogens with one attached hydrogen (secondary N) is 1. The fourth-order valence-electron chi connectivity index (χ4n) is 1.63. The molecule has 0 bridgehead atoms. The maximum atomic E-state index is 4.26. The molecule has 3 heteroatoms. The summed E-state index contributed by atoms with van der Waals surface area (Å²) in [7, 11) is 0. The van der Waals surface area contributed by atoms with Gasteiger partial charge in [0, 0.05) is 17.8 Å². The largest absolute Gasteiger partial charge is 0.346 e. The van der Waals surface area contributed by atoms with E-state index >= 15 is 0 Å². The van der Waals surface area contributed by atoms with E-state index in [-0.39, 0.29) is 0 Å². The number of pyridine rings is 1. The Kier molecular flexibility index (Phi) is 1.64. The summed E-state index contributed by atoms with van der Waals surface area (Å²) in [6, 6.07) is 6.25. The van der Waals surface area contributed by atoms with Crippen LogP contribution in [0.5, 0.6) is 0 Å². The molecule has 0 radical (unpaired) electrons. The maximum absolute atomic E-state index is 4.26. The van der Waals surface area contributed by atoms with Crippen molar-refractivity contribution in [1.82, 2.24) is 9.97 Å². The minimum absolute atomic E-state index is 0.953. The highest BCUT2D eigenvalue weighted by Crippen LogP contribution is 2.28. The third kappa shape index (κ3) is 1.06. The van der Waals surface area contributed by atoms with Gasteiger partial charge >= 0.3 is 0 Å². The Morgan fingerprint density at radius 2 is 2.21 bits per heavy atom. The van der Waals surface area contributed by atoms with Crippen molar-refractivity contribution in [2.45, 2.75) is 0 Å². The van der Waals surface area contributed by atoms with Crippen molar-refractivity contribution in [3.63, 3.8) is 0 Å². The van der Waals surface area contributed by atoms with Crippen LogP contribution in [0, 0.1) is 0 Å². The normalized spacial score (nSPS) is 10.9. The van der Waals surface area contributed by atoms with E-state index in [0.717, 1.165) is 5.65 Å². The summed E-state index contributed by atoms with van der Waals surface area (Å²) in [6.45, 7) is 0. The second-order valence-corrected chi connectivity index (χ2v) is 3.89. The van der Waals surface area contributed by atoms with Crippen LogP contribution in [0.2, 0.25) is 0 Å². The molecule has 0 fully saturated rings. The van der Waals surface area contributed by atoms with Crippen molar-refractivity contribution in [2.24, 2.45) is 0 Å². The summed E-state index contributed by atoms with van der Waals surface area (Å²) >= 11 is 1.71. The molecule has 0 aliphatic rings. The highest BCUT2D eigenvalue weighted by molar-refractivity contribution is 7.08. The van der Waals surface area contributed by atoms with Crippen molar-refractivity contribution in [3.8, 4) is 11.1 Å². The monoisotopic (exact) mass is 200 g/mol. The van der Waals surface area contributed by atoms with Gasteiger partial charge in [0.1, 0.15) is 5.65 Å². The first-order valence-corrected chi connectivity index (χ1v) is 5.34. The molecule has 3 rings (SSSR count). The number of hydrogen-bond donors (Lipinski definition) is 1. The Morgan fingerprint density at radius 1 is 1.21 bits per heavy atom. The summed E-state index contributed by atoms with van der Waals surface area (Å²) in [4.78, 5) is 7.37. The summed E-state index contributed by atoms with van der Waals surface area (Å²) in [6.07, 6.45) is 3.76. The van der Waals surface area contributed by atoms with Crippen LogP contribution in [0.25, 0.3) is 22.2 Å². The molecule has 0 saturated heterocycles. The topological polar surface area (TPSA) is 28.7 Å². The van der Waals surface area contributed by atoms with E-state index in [1.165, 1.54) is 16.5 Å². The van der Waals surface area contributed by atoms with Crippen LogP contribution in [0.15, 0.2) is 41.4 Å². The van der Waals surface area contributed by atoms with Gasteiger partial charge in [-0.2, -0.15) is 11.3 Å². The van der Waals surface area contributed by atoms with Crippen molar-refractivity contribution in [1.29, 1.82) is 0 Å². The number of nitrogens with zero attached hydrogens (tertiary/aromatic N) is 1. The molecule has 0 atom stereocenters. The van der Waals surface area contributed by atoms with Gasteiger partial charge in [-0.15, -0.1) is 0 Å². The average molecular weight is 200 g/mol. The van der Waals surface area contributed by atoms with Gasteiger partial charge in [-0.3, -0.25) is 0 Å². The van der Waals surface area contributed by atoms with Crippen LogP contribution in [0.3, 0.4) is 0 Å². The molecule has 3 aromatic heterocycles. The Labute approximate surface area is 85.2 Å². The summed E-state index contributed by atoms with van der Waals surface area (Å²) in [5, 5.41) is 5.43. The number of aromatic nitrogens is 2. The fraction of sp³-hybridized carbons (Fsp3) is 0. The van der Waals surface area contributed by atoms with Gasteiger partial charge < -0.3 is 4.98 Å². The molecule has 0 unspecified atom stereocenters. The highest BCUT2D eigenvalue weighted by Gasteiger charge is 2.04. The molecule has 0 aromatic carbocycles. The van der Waals surface area contributed by atoms with Gasteiger partial charge in [0.15, 0.2) is 0 Å². The molecule has 0 saturated carbocycles. The average Bonchev–Trinajstić information content (AvgIpc) is 2.88. The molecule has 3 heterocycles. The number of thiophene rings is 1. The Morgan fingerprint density at radius 3 is 3.07 bits per heavy atom. The van der Waals surface area contributed by atoms with Crippen LogP contribution in [0.4, 0.5) is 0 Å². The van der Waals surface area contributed by atoms with Gasteiger partial charge in [0.05, 0.1) is 0 Å². The highest BCUT2D eigenvalue weighted by atomic mass is 32.1. The Balaban J connectivity index is 2.36. The lowest BCUT2D eigenvalue weighted by Gasteiger charge is -1.98. The van der Waals surface area contributed by atoms with E-state index in [2.05, 4.69) is 38.9 Å². The predicted octanol–water partition coefficient (Wildman–Crippen LogP) is 3.29. The van der Waals surface area contributed by atoms with Crippen LogP contribution in [-0.2, 0) is 0 Å². The van der Waals surface area contributed by atoms with Gasteiger partial charge in [0.2, 0.25) is 0 Å². The van der Waals surface area contributed by atoms with Crippen molar-refractivity contribution < 1.29 is 0 Å². The first-order valence-electron chi connectivity index (χ1n) is 4.40. The van der Waals surface area contributed by atoms with Crippen LogP contribution in [0.1, 0.15) is 0 Å². The zero-order valence-electron chi connectivity index (χ0n) is 7.40. The van der Waals surface area contributed by atoms with E-state index in [1.54, 1.807) is 11.3 Å². The molecule has 0 amide bonds.